The molecule has 106 valence electrons. The number of hydrogen-bond acceptors (Lipinski definition) is 2. The molecule has 0 fully saturated rings. The number of para-hydroxylation sites is 1. The SMILES string of the molecule is COc1ccccc1-c1cc(Cl)c(N)c(C(F)(F)F)c1. The summed E-state index contributed by atoms with van der Waals surface area (Å²) in [5.74, 6) is 0.460. The molecule has 0 saturated carbocycles. The van der Waals surface area contributed by atoms with Crippen LogP contribution in [0.3, 0.4) is 0 Å². The Morgan fingerprint density at radius 1 is 1.15 bits per heavy atom. The van der Waals surface area contributed by atoms with E-state index in [9.17, 15) is 13.2 Å². The third-order valence-corrected chi connectivity index (χ3v) is 3.17. The third kappa shape index (κ3) is 2.67. The van der Waals surface area contributed by atoms with Crippen molar-refractivity contribution < 1.29 is 17.9 Å². The number of methoxy groups -OCH3 is 1. The second-order valence-electron chi connectivity index (χ2n) is 4.12. The van der Waals surface area contributed by atoms with Crippen LogP contribution in [0.4, 0.5) is 18.9 Å². The predicted octanol–water partition coefficient (Wildman–Crippen LogP) is 4.62. The Kier molecular flexibility index (Phi) is 3.81. The molecule has 0 aromatic heterocycles. The molecule has 6 heteroatoms. The van der Waals surface area contributed by atoms with Crippen LogP contribution < -0.4 is 10.5 Å². The Morgan fingerprint density at radius 3 is 2.40 bits per heavy atom. The quantitative estimate of drug-likeness (QED) is 0.822. The Labute approximate surface area is 118 Å². The number of nitrogens with two attached hydrogens (primary N) is 1. The summed E-state index contributed by atoms with van der Waals surface area (Å²) in [4.78, 5) is 0. The molecule has 0 aliphatic heterocycles. The largest absolute Gasteiger partial charge is 0.496 e. The van der Waals surface area contributed by atoms with E-state index in [0.717, 1.165) is 6.07 Å². The van der Waals surface area contributed by atoms with Crippen LogP contribution in [0.2, 0.25) is 5.02 Å². The van der Waals surface area contributed by atoms with E-state index < -0.39 is 17.4 Å². The highest BCUT2D eigenvalue weighted by Gasteiger charge is 2.34. The van der Waals surface area contributed by atoms with Gasteiger partial charge in [-0.05, 0) is 23.8 Å². The second-order valence-corrected chi connectivity index (χ2v) is 4.52. The molecular formula is C14H11ClF3NO. The highest BCUT2D eigenvalue weighted by molar-refractivity contribution is 6.33. The Bertz CT molecular complexity index is 641. The zero-order chi connectivity index (χ0) is 14.9. The first kappa shape index (κ1) is 14.5. The molecule has 0 bridgehead atoms. The zero-order valence-corrected chi connectivity index (χ0v) is 11.2. The van der Waals surface area contributed by atoms with E-state index >= 15 is 0 Å². The van der Waals surface area contributed by atoms with Crippen molar-refractivity contribution in [3.63, 3.8) is 0 Å². The van der Waals surface area contributed by atoms with Crippen LogP contribution in [0.15, 0.2) is 36.4 Å². The van der Waals surface area contributed by atoms with Crippen molar-refractivity contribution in [3.8, 4) is 16.9 Å². The van der Waals surface area contributed by atoms with Crippen molar-refractivity contribution in [3.05, 3.63) is 47.0 Å². The molecular weight excluding hydrogens is 291 g/mol. The third-order valence-electron chi connectivity index (χ3n) is 2.85. The molecule has 0 heterocycles. The van der Waals surface area contributed by atoms with E-state index in [1.54, 1.807) is 24.3 Å². The average Bonchev–Trinajstić information content (AvgIpc) is 2.40. The van der Waals surface area contributed by atoms with Crippen molar-refractivity contribution >= 4 is 17.3 Å². The number of anilines is 1. The number of ether oxygens (including phenoxy) is 1. The summed E-state index contributed by atoms with van der Waals surface area (Å²) < 4.78 is 44.0. The summed E-state index contributed by atoms with van der Waals surface area (Å²) in [6.07, 6.45) is -4.56. The lowest BCUT2D eigenvalue weighted by atomic mass is 10.0. The van der Waals surface area contributed by atoms with Gasteiger partial charge in [0.1, 0.15) is 5.75 Å². The number of hydrogen-bond donors (Lipinski definition) is 1. The van der Waals surface area contributed by atoms with Crippen molar-refractivity contribution in [2.45, 2.75) is 6.18 Å². The molecule has 0 amide bonds. The van der Waals surface area contributed by atoms with Gasteiger partial charge in [0.2, 0.25) is 0 Å². The Hall–Kier alpha value is -1.88. The van der Waals surface area contributed by atoms with Crippen molar-refractivity contribution in [2.75, 3.05) is 12.8 Å². The molecule has 2 N–H and O–H groups in total. The first-order valence-corrected chi connectivity index (χ1v) is 6.02. The number of nitrogen functional groups attached to an aromatic ring is 1. The fourth-order valence-electron chi connectivity index (χ4n) is 1.89. The van der Waals surface area contributed by atoms with E-state index in [-0.39, 0.29) is 5.02 Å². The minimum Gasteiger partial charge on any atom is -0.496 e. The van der Waals surface area contributed by atoms with Gasteiger partial charge in [-0.3, -0.25) is 0 Å². The van der Waals surface area contributed by atoms with Gasteiger partial charge in [-0.2, -0.15) is 13.2 Å². The van der Waals surface area contributed by atoms with E-state index in [1.165, 1.54) is 13.2 Å². The Morgan fingerprint density at radius 2 is 1.80 bits per heavy atom. The van der Waals surface area contributed by atoms with Crippen molar-refractivity contribution in [1.29, 1.82) is 0 Å². The molecule has 20 heavy (non-hydrogen) atoms. The summed E-state index contributed by atoms with van der Waals surface area (Å²) >= 11 is 5.80. The molecule has 0 saturated heterocycles. The van der Waals surface area contributed by atoms with Gasteiger partial charge in [0.25, 0.3) is 0 Å². The molecule has 2 aromatic carbocycles. The van der Waals surface area contributed by atoms with Crippen LogP contribution in [0.25, 0.3) is 11.1 Å². The van der Waals surface area contributed by atoms with E-state index in [2.05, 4.69) is 0 Å². The molecule has 0 radical (unpaired) electrons. The number of benzene rings is 2. The normalized spacial score (nSPS) is 11.4. The van der Waals surface area contributed by atoms with Gasteiger partial charge < -0.3 is 10.5 Å². The molecule has 2 aromatic rings. The maximum absolute atomic E-state index is 12.9. The average molecular weight is 302 g/mol. The monoisotopic (exact) mass is 301 g/mol. The predicted molar refractivity (Wildman–Crippen MR) is 72.9 cm³/mol. The van der Waals surface area contributed by atoms with Gasteiger partial charge in [0, 0.05) is 5.56 Å². The van der Waals surface area contributed by atoms with Crippen LogP contribution in [0.1, 0.15) is 5.56 Å². The van der Waals surface area contributed by atoms with E-state index in [1.807, 2.05) is 0 Å². The molecule has 2 nitrogen and oxygen atoms in total. The lowest BCUT2D eigenvalue weighted by Crippen LogP contribution is -2.09. The summed E-state index contributed by atoms with van der Waals surface area (Å²) in [6.45, 7) is 0. The van der Waals surface area contributed by atoms with E-state index in [0.29, 0.717) is 16.9 Å². The van der Waals surface area contributed by atoms with Crippen LogP contribution in [0.5, 0.6) is 5.75 Å². The second kappa shape index (κ2) is 5.25. The number of halogens is 4. The fourth-order valence-corrected chi connectivity index (χ4v) is 2.11. The fraction of sp³-hybridized carbons (Fsp3) is 0.143. The highest BCUT2D eigenvalue weighted by Crippen LogP contribution is 2.41. The van der Waals surface area contributed by atoms with Crippen LogP contribution >= 0.6 is 11.6 Å². The first-order chi connectivity index (χ1) is 9.34. The Balaban J connectivity index is 2.67. The molecule has 0 spiro atoms. The van der Waals surface area contributed by atoms with Gasteiger partial charge in [0.15, 0.2) is 0 Å². The maximum Gasteiger partial charge on any atom is 0.418 e. The van der Waals surface area contributed by atoms with Crippen LogP contribution in [-0.2, 0) is 6.18 Å². The summed E-state index contributed by atoms with van der Waals surface area (Å²) in [5, 5.41) is -0.138. The van der Waals surface area contributed by atoms with Crippen molar-refractivity contribution in [2.24, 2.45) is 0 Å². The first-order valence-electron chi connectivity index (χ1n) is 5.64. The number of alkyl halides is 3. The zero-order valence-electron chi connectivity index (χ0n) is 10.5. The minimum absolute atomic E-state index is 0.138. The standard InChI is InChI=1S/C14H11ClF3NO/c1-20-12-5-3-2-4-9(12)8-6-10(14(16,17)18)13(19)11(15)7-8/h2-7H,19H2,1H3. The summed E-state index contributed by atoms with van der Waals surface area (Å²) in [6, 6.07) is 9.11. The molecule has 0 aliphatic carbocycles. The van der Waals surface area contributed by atoms with Crippen LogP contribution in [-0.4, -0.2) is 7.11 Å². The van der Waals surface area contributed by atoms with E-state index in [4.69, 9.17) is 22.1 Å². The van der Waals surface area contributed by atoms with Gasteiger partial charge >= 0.3 is 6.18 Å². The summed E-state index contributed by atoms with van der Waals surface area (Å²) in [7, 11) is 1.45. The van der Waals surface area contributed by atoms with Gasteiger partial charge in [-0.25, -0.2) is 0 Å². The summed E-state index contributed by atoms with van der Waals surface area (Å²) in [5.41, 5.74) is 4.79. The maximum atomic E-state index is 12.9. The molecule has 0 aliphatic rings. The molecule has 2 rings (SSSR count). The lowest BCUT2D eigenvalue weighted by molar-refractivity contribution is -0.136. The van der Waals surface area contributed by atoms with Gasteiger partial charge in [-0.1, -0.05) is 29.8 Å². The highest BCUT2D eigenvalue weighted by atomic mass is 35.5. The lowest BCUT2D eigenvalue weighted by Gasteiger charge is -2.15. The van der Waals surface area contributed by atoms with Crippen molar-refractivity contribution in [1.82, 2.24) is 0 Å². The smallest absolute Gasteiger partial charge is 0.418 e. The van der Waals surface area contributed by atoms with Gasteiger partial charge in [-0.15, -0.1) is 0 Å². The van der Waals surface area contributed by atoms with Crippen LogP contribution in [0, 0.1) is 0 Å². The number of rotatable bonds is 2. The minimum atomic E-state index is -4.56. The topological polar surface area (TPSA) is 35.2 Å². The molecule has 0 unspecified atom stereocenters. The molecule has 0 atom stereocenters. The van der Waals surface area contributed by atoms with Gasteiger partial charge in [0.05, 0.1) is 23.4 Å².